The summed E-state index contributed by atoms with van der Waals surface area (Å²) in [4.78, 5) is 15.9. The van der Waals surface area contributed by atoms with Crippen LogP contribution in [0.3, 0.4) is 0 Å². The summed E-state index contributed by atoms with van der Waals surface area (Å²) in [5, 5.41) is 9.16. The molecule has 2 aromatic rings. The summed E-state index contributed by atoms with van der Waals surface area (Å²) in [6.45, 7) is 0.868. The van der Waals surface area contributed by atoms with E-state index in [4.69, 9.17) is 4.74 Å². The van der Waals surface area contributed by atoms with Gasteiger partial charge in [-0.2, -0.15) is 0 Å². The first kappa shape index (κ1) is 22.9. The van der Waals surface area contributed by atoms with Crippen molar-refractivity contribution in [2.75, 3.05) is 13.7 Å². The van der Waals surface area contributed by atoms with Crippen molar-refractivity contribution in [2.24, 2.45) is 4.99 Å². The van der Waals surface area contributed by atoms with E-state index < -0.39 is 0 Å². The van der Waals surface area contributed by atoms with Gasteiger partial charge in [-0.3, -0.25) is 9.79 Å². The molecule has 0 saturated heterocycles. The average Bonchev–Trinajstić information content (AvgIpc) is 3.52. The summed E-state index contributed by atoms with van der Waals surface area (Å²) in [5.41, 5.74) is 1.55. The van der Waals surface area contributed by atoms with Gasteiger partial charge in [-0.1, -0.05) is 30.3 Å². The maximum atomic E-state index is 13.7. The van der Waals surface area contributed by atoms with Gasteiger partial charge in [0, 0.05) is 31.7 Å². The van der Waals surface area contributed by atoms with Gasteiger partial charge in [0.2, 0.25) is 0 Å². The van der Waals surface area contributed by atoms with Crippen molar-refractivity contribution in [1.82, 2.24) is 16.0 Å². The van der Waals surface area contributed by atoms with E-state index in [1.165, 1.54) is 6.07 Å². The number of nitrogens with zero attached hydrogens (tertiary/aromatic N) is 1. The first-order chi connectivity index (χ1) is 13.6. The third-order valence-electron chi connectivity index (χ3n) is 4.30. The van der Waals surface area contributed by atoms with Crippen LogP contribution in [0.5, 0.6) is 5.75 Å². The summed E-state index contributed by atoms with van der Waals surface area (Å²) >= 11 is 0. The van der Waals surface area contributed by atoms with Gasteiger partial charge >= 0.3 is 0 Å². The van der Waals surface area contributed by atoms with Gasteiger partial charge < -0.3 is 20.7 Å². The summed E-state index contributed by atoms with van der Waals surface area (Å²) < 4.78 is 19.3. The van der Waals surface area contributed by atoms with Crippen molar-refractivity contribution in [1.29, 1.82) is 0 Å². The first-order valence-corrected chi connectivity index (χ1v) is 9.33. The predicted molar refractivity (Wildman–Crippen MR) is 122 cm³/mol. The van der Waals surface area contributed by atoms with Crippen LogP contribution in [0.4, 0.5) is 4.39 Å². The quantitative estimate of drug-likeness (QED) is 0.289. The Morgan fingerprint density at radius 2 is 1.90 bits per heavy atom. The molecule has 0 spiro atoms. The molecule has 6 nitrogen and oxygen atoms in total. The Morgan fingerprint density at radius 1 is 1.14 bits per heavy atom. The molecule has 0 radical (unpaired) electrons. The van der Waals surface area contributed by atoms with Crippen LogP contribution in [0.15, 0.2) is 53.5 Å². The van der Waals surface area contributed by atoms with Crippen LogP contribution in [0.2, 0.25) is 0 Å². The van der Waals surface area contributed by atoms with E-state index in [-0.39, 0.29) is 42.3 Å². The van der Waals surface area contributed by atoms with Gasteiger partial charge in [0.05, 0.1) is 0 Å². The maximum absolute atomic E-state index is 13.7. The molecule has 0 aliphatic heterocycles. The lowest BCUT2D eigenvalue weighted by Gasteiger charge is -2.13. The number of amides is 1. The van der Waals surface area contributed by atoms with E-state index in [1.54, 1.807) is 25.2 Å². The molecule has 1 fully saturated rings. The summed E-state index contributed by atoms with van der Waals surface area (Å²) in [6.07, 6.45) is 2.11. The Hall–Kier alpha value is -2.36. The minimum Gasteiger partial charge on any atom is -0.484 e. The maximum Gasteiger partial charge on any atom is 0.258 e. The SMILES string of the molecule is CN=C(NCc1cccc(OCC(=O)NC2CC2)c1)NCc1ccccc1F.I. The molecule has 1 aliphatic carbocycles. The number of guanidine groups is 1. The summed E-state index contributed by atoms with van der Waals surface area (Å²) in [7, 11) is 1.66. The number of carbonyl (C=O) groups excluding carboxylic acids is 1. The average molecular weight is 512 g/mol. The predicted octanol–water partition coefficient (Wildman–Crippen LogP) is 2.97. The summed E-state index contributed by atoms with van der Waals surface area (Å²) in [6, 6.07) is 14.5. The van der Waals surface area contributed by atoms with Gasteiger partial charge in [0.1, 0.15) is 11.6 Å². The van der Waals surface area contributed by atoms with E-state index in [0.29, 0.717) is 36.4 Å². The van der Waals surface area contributed by atoms with Crippen molar-refractivity contribution >= 4 is 35.8 Å². The van der Waals surface area contributed by atoms with Crippen molar-refractivity contribution in [2.45, 2.75) is 32.0 Å². The zero-order chi connectivity index (χ0) is 19.8. The normalized spacial score (nSPS) is 13.2. The third-order valence-corrected chi connectivity index (χ3v) is 4.30. The van der Waals surface area contributed by atoms with Crippen molar-refractivity contribution in [3.63, 3.8) is 0 Å². The fourth-order valence-corrected chi connectivity index (χ4v) is 2.62. The molecule has 3 rings (SSSR count). The highest BCUT2D eigenvalue weighted by molar-refractivity contribution is 14.0. The summed E-state index contributed by atoms with van der Waals surface area (Å²) in [5.74, 6) is 0.864. The van der Waals surface area contributed by atoms with Gasteiger partial charge in [0.15, 0.2) is 12.6 Å². The van der Waals surface area contributed by atoms with E-state index in [0.717, 1.165) is 18.4 Å². The number of aliphatic imine (C=N–C) groups is 1. The third kappa shape index (κ3) is 7.88. The second-order valence-electron chi connectivity index (χ2n) is 6.65. The molecule has 0 bridgehead atoms. The van der Waals surface area contributed by atoms with Gasteiger partial charge in [-0.25, -0.2) is 4.39 Å². The Bertz CT molecular complexity index is 843. The number of hydrogen-bond acceptors (Lipinski definition) is 3. The fourth-order valence-electron chi connectivity index (χ4n) is 2.62. The van der Waals surface area contributed by atoms with Crippen LogP contribution in [0.1, 0.15) is 24.0 Å². The Morgan fingerprint density at radius 3 is 2.62 bits per heavy atom. The van der Waals surface area contributed by atoms with Crippen LogP contribution in [0.25, 0.3) is 0 Å². The van der Waals surface area contributed by atoms with E-state index in [1.807, 2.05) is 24.3 Å². The highest BCUT2D eigenvalue weighted by atomic mass is 127. The number of hydrogen-bond donors (Lipinski definition) is 3. The second-order valence-corrected chi connectivity index (χ2v) is 6.65. The van der Waals surface area contributed by atoms with Crippen molar-refractivity contribution < 1.29 is 13.9 Å². The van der Waals surface area contributed by atoms with Crippen molar-refractivity contribution in [3.8, 4) is 5.75 Å². The zero-order valence-electron chi connectivity index (χ0n) is 16.3. The molecular formula is C21H26FIN4O2. The fraction of sp³-hybridized carbons (Fsp3) is 0.333. The highest BCUT2D eigenvalue weighted by Gasteiger charge is 2.23. The lowest BCUT2D eigenvalue weighted by atomic mass is 10.2. The van der Waals surface area contributed by atoms with Crippen LogP contribution < -0.4 is 20.7 Å². The van der Waals surface area contributed by atoms with Crippen LogP contribution in [0, 0.1) is 5.82 Å². The highest BCUT2D eigenvalue weighted by Crippen LogP contribution is 2.18. The molecule has 8 heteroatoms. The van der Waals surface area contributed by atoms with Crippen LogP contribution >= 0.6 is 24.0 Å². The standard InChI is InChI=1S/C21H25FN4O2.HI/c1-23-21(25-13-16-6-2-3-8-19(16)22)24-12-15-5-4-7-18(11-15)28-14-20(27)26-17-9-10-17;/h2-8,11,17H,9-10,12-14H2,1H3,(H,26,27)(H2,23,24,25);1H. The Balaban J connectivity index is 0.00000300. The smallest absolute Gasteiger partial charge is 0.258 e. The van der Waals surface area contributed by atoms with Crippen molar-refractivity contribution in [3.05, 3.63) is 65.5 Å². The number of halogens is 2. The Kier molecular flexibility index (Phi) is 9.17. The van der Waals surface area contributed by atoms with Crippen LogP contribution in [-0.4, -0.2) is 31.6 Å². The van der Waals surface area contributed by atoms with Gasteiger partial charge in [-0.05, 0) is 36.6 Å². The lowest BCUT2D eigenvalue weighted by molar-refractivity contribution is -0.123. The zero-order valence-corrected chi connectivity index (χ0v) is 18.6. The molecule has 0 atom stereocenters. The Labute approximate surface area is 187 Å². The second kappa shape index (κ2) is 11.6. The van der Waals surface area contributed by atoms with E-state index >= 15 is 0 Å². The van der Waals surface area contributed by atoms with E-state index in [2.05, 4.69) is 20.9 Å². The molecule has 1 saturated carbocycles. The molecule has 1 amide bonds. The largest absolute Gasteiger partial charge is 0.484 e. The number of nitrogens with one attached hydrogen (secondary N) is 3. The molecule has 3 N–H and O–H groups in total. The molecule has 29 heavy (non-hydrogen) atoms. The molecule has 0 aromatic heterocycles. The molecule has 2 aromatic carbocycles. The molecule has 0 heterocycles. The number of ether oxygens (including phenoxy) is 1. The molecular weight excluding hydrogens is 486 g/mol. The molecule has 0 unspecified atom stereocenters. The monoisotopic (exact) mass is 512 g/mol. The topological polar surface area (TPSA) is 74.8 Å². The van der Waals surface area contributed by atoms with E-state index in [9.17, 15) is 9.18 Å². The number of benzene rings is 2. The minimum atomic E-state index is -0.249. The lowest BCUT2D eigenvalue weighted by Crippen LogP contribution is -2.36. The molecule has 1 aliphatic rings. The first-order valence-electron chi connectivity index (χ1n) is 9.33. The van der Waals surface area contributed by atoms with Gasteiger partial charge in [0.25, 0.3) is 5.91 Å². The number of rotatable bonds is 8. The van der Waals surface area contributed by atoms with Crippen LogP contribution in [-0.2, 0) is 17.9 Å². The number of carbonyl (C=O) groups is 1. The van der Waals surface area contributed by atoms with Gasteiger partial charge in [-0.15, -0.1) is 24.0 Å². The minimum absolute atomic E-state index is 0. The molecule has 156 valence electrons.